The first-order valence-electron chi connectivity index (χ1n) is 9.49. The summed E-state index contributed by atoms with van der Waals surface area (Å²) >= 11 is 0. The van der Waals surface area contributed by atoms with E-state index in [0.29, 0.717) is 12.5 Å². The second kappa shape index (κ2) is 10.7. The molecule has 0 amide bonds. The summed E-state index contributed by atoms with van der Waals surface area (Å²) < 4.78 is 5.85. The van der Waals surface area contributed by atoms with Crippen molar-refractivity contribution in [2.45, 2.75) is 53.1 Å². The second-order valence-electron chi connectivity index (χ2n) is 6.75. The van der Waals surface area contributed by atoms with Crippen molar-refractivity contribution in [2.24, 2.45) is 10.9 Å². The lowest BCUT2D eigenvalue weighted by Crippen LogP contribution is -2.03. The van der Waals surface area contributed by atoms with Crippen molar-refractivity contribution in [3.63, 3.8) is 0 Å². The van der Waals surface area contributed by atoms with E-state index < -0.39 is 0 Å². The van der Waals surface area contributed by atoms with Gasteiger partial charge < -0.3 is 4.74 Å². The molecule has 25 heavy (non-hydrogen) atoms. The van der Waals surface area contributed by atoms with Crippen LogP contribution in [-0.4, -0.2) is 12.8 Å². The molecule has 0 heterocycles. The molecular formula is C23H31NO. The summed E-state index contributed by atoms with van der Waals surface area (Å²) in [7, 11) is 0. The van der Waals surface area contributed by atoms with Crippen LogP contribution in [0.4, 0.5) is 0 Å². The minimum Gasteiger partial charge on any atom is -0.489 e. The highest BCUT2D eigenvalue weighted by Crippen LogP contribution is 2.15. The Labute approximate surface area is 153 Å². The summed E-state index contributed by atoms with van der Waals surface area (Å²) in [6, 6.07) is 16.6. The first-order chi connectivity index (χ1) is 12.2. The Morgan fingerprint density at radius 2 is 1.72 bits per heavy atom. The molecule has 0 saturated heterocycles. The van der Waals surface area contributed by atoms with Gasteiger partial charge >= 0.3 is 0 Å². The molecule has 0 aliphatic heterocycles. The number of rotatable bonds is 10. The molecule has 0 radical (unpaired) electrons. The molecule has 0 saturated carbocycles. The first kappa shape index (κ1) is 19.2. The summed E-state index contributed by atoms with van der Waals surface area (Å²) in [5.41, 5.74) is 3.59. The van der Waals surface area contributed by atoms with Crippen molar-refractivity contribution < 1.29 is 4.74 Å². The van der Waals surface area contributed by atoms with Gasteiger partial charge in [0.25, 0.3) is 0 Å². The standard InChI is InChI=1S/C23H31NO/c1-4-6-7-20(5-2)16-24-17-21-12-14-23(15-13-21)25-18-22-10-8-19(3)9-11-22/h8-15,17,20H,4-7,16,18H2,1-3H3/b24-17+. The number of unbranched alkanes of at least 4 members (excludes halogenated alkanes) is 1. The molecule has 2 aromatic rings. The molecule has 2 rings (SSSR count). The van der Waals surface area contributed by atoms with Gasteiger partial charge in [-0.15, -0.1) is 0 Å². The van der Waals surface area contributed by atoms with E-state index in [1.165, 1.54) is 36.8 Å². The molecule has 0 fully saturated rings. The van der Waals surface area contributed by atoms with E-state index in [4.69, 9.17) is 4.74 Å². The zero-order valence-electron chi connectivity index (χ0n) is 15.9. The van der Waals surface area contributed by atoms with Crippen LogP contribution in [0.1, 0.15) is 56.2 Å². The molecule has 134 valence electrons. The fourth-order valence-electron chi connectivity index (χ4n) is 2.73. The number of aryl methyl sites for hydroxylation is 1. The van der Waals surface area contributed by atoms with Crippen LogP contribution in [0.3, 0.4) is 0 Å². The molecule has 0 aromatic heterocycles. The van der Waals surface area contributed by atoms with Gasteiger partial charge in [0.05, 0.1) is 0 Å². The molecule has 2 heteroatoms. The summed E-state index contributed by atoms with van der Waals surface area (Å²) in [5.74, 6) is 1.61. The van der Waals surface area contributed by atoms with Crippen molar-refractivity contribution in [3.05, 3.63) is 65.2 Å². The third-order valence-corrected chi connectivity index (χ3v) is 4.55. The molecule has 2 aromatic carbocycles. The molecule has 0 bridgehead atoms. The van der Waals surface area contributed by atoms with E-state index >= 15 is 0 Å². The zero-order valence-corrected chi connectivity index (χ0v) is 15.9. The second-order valence-corrected chi connectivity index (χ2v) is 6.75. The largest absolute Gasteiger partial charge is 0.489 e. The maximum absolute atomic E-state index is 5.85. The SMILES string of the molecule is CCCCC(CC)C/N=C/c1ccc(OCc2ccc(C)cc2)cc1. The predicted octanol–water partition coefficient (Wildman–Crippen LogP) is 6.21. The van der Waals surface area contributed by atoms with E-state index in [1.54, 1.807) is 0 Å². The van der Waals surface area contributed by atoms with Crippen LogP contribution in [0.5, 0.6) is 5.75 Å². The molecular weight excluding hydrogens is 306 g/mol. The molecule has 2 nitrogen and oxygen atoms in total. The predicted molar refractivity (Wildman–Crippen MR) is 108 cm³/mol. The van der Waals surface area contributed by atoms with Crippen LogP contribution in [0.25, 0.3) is 0 Å². The molecule has 0 aliphatic carbocycles. The number of nitrogens with zero attached hydrogens (tertiary/aromatic N) is 1. The lowest BCUT2D eigenvalue weighted by atomic mass is 10.00. The van der Waals surface area contributed by atoms with Gasteiger partial charge in [-0.2, -0.15) is 0 Å². The summed E-state index contributed by atoms with van der Waals surface area (Å²) in [6.45, 7) is 8.14. The Hall–Kier alpha value is -2.09. The van der Waals surface area contributed by atoms with Gasteiger partial charge in [-0.05, 0) is 54.7 Å². The highest BCUT2D eigenvalue weighted by atomic mass is 16.5. The van der Waals surface area contributed by atoms with E-state index in [-0.39, 0.29) is 0 Å². The van der Waals surface area contributed by atoms with Crippen molar-refractivity contribution >= 4 is 6.21 Å². The Bertz CT molecular complexity index is 628. The van der Waals surface area contributed by atoms with Gasteiger partial charge in [0, 0.05) is 12.8 Å². The van der Waals surface area contributed by atoms with Gasteiger partial charge in [-0.3, -0.25) is 4.99 Å². The Morgan fingerprint density at radius 1 is 1.00 bits per heavy atom. The number of benzene rings is 2. The van der Waals surface area contributed by atoms with Crippen molar-refractivity contribution in [1.29, 1.82) is 0 Å². The summed E-state index contributed by atoms with van der Waals surface area (Å²) in [4.78, 5) is 4.63. The van der Waals surface area contributed by atoms with Crippen LogP contribution < -0.4 is 4.74 Å². The fourth-order valence-corrected chi connectivity index (χ4v) is 2.73. The lowest BCUT2D eigenvalue weighted by molar-refractivity contribution is 0.306. The molecule has 0 spiro atoms. The average molecular weight is 338 g/mol. The highest BCUT2D eigenvalue weighted by molar-refractivity contribution is 5.79. The van der Waals surface area contributed by atoms with Crippen molar-refractivity contribution in [1.82, 2.24) is 0 Å². The van der Waals surface area contributed by atoms with E-state index in [0.717, 1.165) is 17.9 Å². The van der Waals surface area contributed by atoms with Crippen LogP contribution in [0.15, 0.2) is 53.5 Å². The van der Waals surface area contributed by atoms with Gasteiger partial charge in [-0.25, -0.2) is 0 Å². The van der Waals surface area contributed by atoms with Gasteiger partial charge in [0.2, 0.25) is 0 Å². The van der Waals surface area contributed by atoms with E-state index in [9.17, 15) is 0 Å². The minimum absolute atomic E-state index is 0.601. The van der Waals surface area contributed by atoms with Crippen LogP contribution in [0, 0.1) is 12.8 Å². The minimum atomic E-state index is 0.601. The van der Waals surface area contributed by atoms with Crippen molar-refractivity contribution in [3.8, 4) is 5.75 Å². The number of hydrogen-bond donors (Lipinski definition) is 0. The molecule has 1 unspecified atom stereocenters. The smallest absolute Gasteiger partial charge is 0.119 e. The highest BCUT2D eigenvalue weighted by Gasteiger charge is 2.03. The number of hydrogen-bond acceptors (Lipinski definition) is 2. The third-order valence-electron chi connectivity index (χ3n) is 4.55. The number of aliphatic imine (C=N–C) groups is 1. The topological polar surface area (TPSA) is 21.6 Å². The van der Waals surface area contributed by atoms with E-state index in [2.05, 4.69) is 62.2 Å². The van der Waals surface area contributed by atoms with Gasteiger partial charge in [-0.1, -0.05) is 62.9 Å². The van der Waals surface area contributed by atoms with Crippen molar-refractivity contribution in [2.75, 3.05) is 6.54 Å². The molecule has 0 N–H and O–H groups in total. The number of ether oxygens (including phenoxy) is 1. The maximum Gasteiger partial charge on any atom is 0.119 e. The monoisotopic (exact) mass is 337 g/mol. The molecule has 1 atom stereocenters. The molecule has 0 aliphatic rings. The van der Waals surface area contributed by atoms with E-state index in [1.807, 2.05) is 18.3 Å². The Kier molecular flexibility index (Phi) is 8.24. The summed E-state index contributed by atoms with van der Waals surface area (Å²) in [5, 5.41) is 0. The third kappa shape index (κ3) is 7.13. The summed E-state index contributed by atoms with van der Waals surface area (Å²) in [6.07, 6.45) is 7.06. The van der Waals surface area contributed by atoms with Gasteiger partial charge in [0.1, 0.15) is 12.4 Å². The fraction of sp³-hybridized carbons (Fsp3) is 0.435. The Morgan fingerprint density at radius 3 is 2.36 bits per heavy atom. The van der Waals surface area contributed by atoms with Crippen LogP contribution in [0.2, 0.25) is 0 Å². The normalized spacial score (nSPS) is 12.4. The van der Waals surface area contributed by atoms with Gasteiger partial charge in [0.15, 0.2) is 0 Å². The zero-order chi connectivity index (χ0) is 17.9. The maximum atomic E-state index is 5.85. The van der Waals surface area contributed by atoms with Crippen LogP contribution >= 0.6 is 0 Å². The first-order valence-corrected chi connectivity index (χ1v) is 9.49. The lowest BCUT2D eigenvalue weighted by Gasteiger charge is -2.10. The van der Waals surface area contributed by atoms with Crippen LogP contribution in [-0.2, 0) is 6.61 Å². The quantitative estimate of drug-likeness (QED) is 0.472. The average Bonchev–Trinajstić information content (AvgIpc) is 2.65. The Balaban J connectivity index is 1.80.